The number of carbonyl (C=O) groups is 1. The van der Waals surface area contributed by atoms with Crippen LogP contribution in [0.4, 0.5) is 0 Å². The molecule has 3 aliphatic heterocycles. The lowest BCUT2D eigenvalue weighted by Gasteiger charge is -2.55. The molecule has 49 heavy (non-hydrogen) atoms. The molecular weight excluding hydrogens is 640 g/mol. The number of esters is 1. The lowest BCUT2D eigenvalue weighted by molar-refractivity contribution is -0.362. The highest BCUT2D eigenvalue weighted by atomic mass is 16.7. The molecule has 3 heterocycles. The Bertz CT molecular complexity index is 1290. The highest BCUT2D eigenvalue weighted by Gasteiger charge is 2.64. The Morgan fingerprint density at radius 3 is 2.37 bits per heavy atom. The summed E-state index contributed by atoms with van der Waals surface area (Å²) in [6.07, 6.45) is -3.74. The van der Waals surface area contributed by atoms with E-state index in [4.69, 9.17) is 28.4 Å². The standard InChI is InChI=1S/C36H54O13/c1-16-21(18-11-26(38)45-15-18)8-10-36(43)22-6-5-19-12-20(7-9-35(19,3)24(22)13-23(16)36)47-34-30(42)32(44-4)31(17(2)46-34)49-33-29(41)28(40)27(39)25(14-37)48-33/h11,17,19-25,27-34,37,39-43H,1,5-10,12-15H2,2-4H3/t17-,19+,20-,21-,22+,23+,24-,25+,27+,28-,29+,30-,31-,32-,33-,34-,35-,36-/m0/s1. The maximum atomic E-state index is 12.2. The lowest BCUT2D eigenvalue weighted by Crippen LogP contribution is -2.64. The first kappa shape index (κ1) is 35.9. The SMILES string of the molecule is C=C1[C@@H](C2=CC(=O)OC2)CC[C@@]2(O)[C@@H]1C[C@H]1[C@H]2CC[C@@H]2C[C@@H](O[C@@H]3O[C@@H](C)[C@H](O[C@@H]4O[C@H](CO)[C@@H](O)[C@H](O)[C@H]4O)[C@@H](OC)[C@@H]3O)CC[C@@]21C. The van der Waals surface area contributed by atoms with Crippen molar-refractivity contribution in [2.75, 3.05) is 20.3 Å². The number of hydrogen-bond acceptors (Lipinski definition) is 13. The molecule has 0 spiro atoms. The van der Waals surface area contributed by atoms with E-state index >= 15 is 0 Å². The largest absolute Gasteiger partial charge is 0.458 e. The highest BCUT2D eigenvalue weighted by Crippen LogP contribution is 2.67. The van der Waals surface area contributed by atoms with Crippen LogP contribution < -0.4 is 0 Å². The number of hydrogen-bond donors (Lipinski definition) is 6. The molecule has 7 rings (SSSR count). The van der Waals surface area contributed by atoms with Crippen molar-refractivity contribution in [3.63, 3.8) is 0 Å². The molecule has 0 aromatic carbocycles. The van der Waals surface area contributed by atoms with Gasteiger partial charge in [-0.2, -0.15) is 0 Å². The van der Waals surface area contributed by atoms with E-state index in [1.165, 1.54) is 7.11 Å². The Balaban J connectivity index is 0.989. The molecule has 4 aliphatic carbocycles. The third kappa shape index (κ3) is 5.94. The molecule has 6 fully saturated rings. The highest BCUT2D eigenvalue weighted by molar-refractivity contribution is 5.85. The van der Waals surface area contributed by atoms with Crippen LogP contribution in [0, 0.1) is 35.0 Å². The summed E-state index contributed by atoms with van der Waals surface area (Å²) in [5, 5.41) is 64.0. The first-order valence-corrected chi connectivity index (χ1v) is 18.1. The van der Waals surface area contributed by atoms with Crippen LogP contribution in [-0.2, 0) is 33.2 Å². The van der Waals surface area contributed by atoms with Crippen molar-refractivity contribution in [1.29, 1.82) is 0 Å². The average molecular weight is 695 g/mol. The van der Waals surface area contributed by atoms with Crippen molar-refractivity contribution in [3.8, 4) is 0 Å². The summed E-state index contributed by atoms with van der Waals surface area (Å²) in [6, 6.07) is 0. The van der Waals surface area contributed by atoms with Gasteiger partial charge >= 0.3 is 5.97 Å². The van der Waals surface area contributed by atoms with Gasteiger partial charge in [0.1, 0.15) is 49.3 Å². The van der Waals surface area contributed by atoms with E-state index < -0.39 is 73.6 Å². The van der Waals surface area contributed by atoms with Crippen molar-refractivity contribution in [1.82, 2.24) is 0 Å². The van der Waals surface area contributed by atoms with Crippen molar-refractivity contribution < 1.29 is 63.9 Å². The molecule has 0 amide bonds. The fraction of sp³-hybridized carbons (Fsp3) is 0.861. The Hall–Kier alpha value is -1.49. The van der Waals surface area contributed by atoms with Crippen LogP contribution in [0.1, 0.15) is 65.2 Å². The van der Waals surface area contributed by atoms with Crippen LogP contribution in [0.3, 0.4) is 0 Å². The summed E-state index contributed by atoms with van der Waals surface area (Å²) < 4.78 is 35.0. The minimum Gasteiger partial charge on any atom is -0.458 e. The topological polar surface area (TPSA) is 194 Å². The summed E-state index contributed by atoms with van der Waals surface area (Å²) in [6.45, 7) is 8.34. The van der Waals surface area contributed by atoms with Gasteiger partial charge in [0.15, 0.2) is 12.6 Å². The van der Waals surface area contributed by atoms with E-state index in [1.54, 1.807) is 13.0 Å². The summed E-state index contributed by atoms with van der Waals surface area (Å²) in [5.74, 6) is 0.714. The number of aliphatic hydroxyl groups is 6. The van der Waals surface area contributed by atoms with Crippen molar-refractivity contribution in [2.24, 2.45) is 35.0 Å². The van der Waals surface area contributed by atoms with Crippen molar-refractivity contribution >= 4 is 5.97 Å². The maximum Gasteiger partial charge on any atom is 0.331 e. The molecule has 0 radical (unpaired) electrons. The number of methoxy groups -OCH3 is 1. The second kappa shape index (κ2) is 13.5. The smallest absolute Gasteiger partial charge is 0.331 e. The molecule has 0 aromatic heterocycles. The van der Waals surface area contributed by atoms with Gasteiger partial charge in [0.2, 0.25) is 0 Å². The monoisotopic (exact) mass is 694 g/mol. The third-order valence-electron chi connectivity index (χ3n) is 13.7. The van der Waals surface area contributed by atoms with E-state index in [2.05, 4.69) is 13.5 Å². The first-order chi connectivity index (χ1) is 23.3. The molecule has 7 aliphatic rings. The molecule has 18 atom stereocenters. The number of carbonyl (C=O) groups excluding carboxylic acids is 1. The van der Waals surface area contributed by atoms with Gasteiger partial charge in [-0.1, -0.05) is 19.1 Å². The zero-order valence-electron chi connectivity index (χ0n) is 28.6. The Kier molecular flexibility index (Phi) is 9.88. The normalized spacial score (nSPS) is 53.0. The van der Waals surface area contributed by atoms with Gasteiger partial charge in [0, 0.05) is 25.0 Å². The zero-order chi connectivity index (χ0) is 35.0. The molecule has 276 valence electrons. The molecule has 13 nitrogen and oxygen atoms in total. The Morgan fingerprint density at radius 2 is 1.67 bits per heavy atom. The quantitative estimate of drug-likeness (QED) is 0.124. The minimum atomic E-state index is -1.60. The summed E-state index contributed by atoms with van der Waals surface area (Å²) >= 11 is 0. The van der Waals surface area contributed by atoms with E-state index in [0.29, 0.717) is 24.9 Å². The molecule has 4 saturated carbocycles. The van der Waals surface area contributed by atoms with Crippen molar-refractivity contribution in [3.05, 3.63) is 23.8 Å². The molecular formula is C36H54O13. The van der Waals surface area contributed by atoms with E-state index in [1.807, 2.05) is 0 Å². The fourth-order valence-electron chi connectivity index (χ4n) is 11.0. The molecule has 6 N–H and O–H groups in total. The molecule has 0 aromatic rings. The van der Waals surface area contributed by atoms with Crippen LogP contribution in [0.15, 0.2) is 23.8 Å². The van der Waals surface area contributed by atoms with Crippen LogP contribution in [-0.4, -0.2) is 130 Å². The Morgan fingerprint density at radius 1 is 0.918 bits per heavy atom. The Labute approximate surface area is 287 Å². The van der Waals surface area contributed by atoms with Gasteiger partial charge in [-0.3, -0.25) is 0 Å². The molecule has 0 unspecified atom stereocenters. The second-order valence-electron chi connectivity index (χ2n) is 16.0. The summed E-state index contributed by atoms with van der Waals surface area (Å²) in [5.41, 5.74) is 1.28. The summed E-state index contributed by atoms with van der Waals surface area (Å²) in [7, 11) is 1.43. The van der Waals surface area contributed by atoms with Crippen molar-refractivity contribution in [2.45, 2.75) is 138 Å². The number of aliphatic hydroxyl groups excluding tert-OH is 5. The number of cyclic esters (lactones) is 1. The summed E-state index contributed by atoms with van der Waals surface area (Å²) in [4.78, 5) is 11.8. The fourth-order valence-corrected chi connectivity index (χ4v) is 11.0. The van der Waals surface area contributed by atoms with Gasteiger partial charge in [-0.15, -0.1) is 0 Å². The average Bonchev–Trinajstić information content (AvgIpc) is 3.65. The van der Waals surface area contributed by atoms with E-state index in [9.17, 15) is 35.4 Å². The van der Waals surface area contributed by atoms with Gasteiger partial charge in [-0.25, -0.2) is 4.79 Å². The van der Waals surface area contributed by atoms with Crippen LogP contribution >= 0.6 is 0 Å². The van der Waals surface area contributed by atoms with Crippen LogP contribution in [0.25, 0.3) is 0 Å². The van der Waals surface area contributed by atoms with Crippen LogP contribution in [0.5, 0.6) is 0 Å². The number of fused-ring (bicyclic) bond motifs is 5. The number of rotatable bonds is 7. The third-order valence-corrected chi connectivity index (χ3v) is 13.7. The van der Waals surface area contributed by atoms with Gasteiger partial charge in [-0.05, 0) is 87.0 Å². The lowest BCUT2D eigenvalue weighted by atomic mass is 9.51. The molecule has 13 heteroatoms. The second-order valence-corrected chi connectivity index (χ2v) is 16.0. The van der Waals surface area contributed by atoms with E-state index in [0.717, 1.165) is 56.1 Å². The first-order valence-electron chi connectivity index (χ1n) is 18.1. The molecule has 0 bridgehead atoms. The van der Waals surface area contributed by atoms with Gasteiger partial charge in [0.05, 0.1) is 24.4 Å². The minimum absolute atomic E-state index is 0.00112. The maximum absolute atomic E-state index is 12.2. The molecule has 2 saturated heterocycles. The van der Waals surface area contributed by atoms with Gasteiger partial charge in [0.25, 0.3) is 0 Å². The van der Waals surface area contributed by atoms with E-state index in [-0.39, 0.29) is 35.2 Å². The zero-order valence-corrected chi connectivity index (χ0v) is 28.6. The predicted molar refractivity (Wildman–Crippen MR) is 170 cm³/mol. The van der Waals surface area contributed by atoms with Crippen LogP contribution in [0.2, 0.25) is 0 Å². The number of ether oxygens (including phenoxy) is 6. The van der Waals surface area contributed by atoms with Gasteiger partial charge < -0.3 is 59.1 Å². The predicted octanol–water partition coefficient (Wildman–Crippen LogP) is 0.710.